The molecule has 0 aromatic rings. The van der Waals surface area contributed by atoms with Crippen molar-refractivity contribution in [1.82, 2.24) is 0 Å². The zero-order valence-electron chi connectivity index (χ0n) is 9.85. The van der Waals surface area contributed by atoms with Crippen molar-refractivity contribution in [2.45, 2.75) is 31.8 Å². The van der Waals surface area contributed by atoms with Gasteiger partial charge in [0.25, 0.3) is 0 Å². The van der Waals surface area contributed by atoms with E-state index >= 15 is 0 Å². The molecule has 0 amide bonds. The van der Waals surface area contributed by atoms with Crippen molar-refractivity contribution in [2.75, 3.05) is 6.61 Å². The first-order chi connectivity index (χ1) is 8.55. The van der Waals surface area contributed by atoms with Crippen molar-refractivity contribution in [2.24, 2.45) is 5.92 Å². The predicted octanol–water partition coefficient (Wildman–Crippen LogP) is 3.34. The molecule has 1 unspecified atom stereocenters. The maximum Gasteiger partial charge on any atom is 0.425 e. The van der Waals surface area contributed by atoms with Crippen LogP contribution >= 0.6 is 0 Å². The Balaban J connectivity index is 2.94. The lowest BCUT2D eigenvalue weighted by Crippen LogP contribution is -2.34. The Labute approximate surface area is 105 Å². The van der Waals surface area contributed by atoms with Gasteiger partial charge in [0.2, 0.25) is 0 Å². The molecular weight excluding hydrogens is 278 g/mol. The average molecular weight is 290 g/mol. The fourth-order valence-corrected chi connectivity index (χ4v) is 1.53. The van der Waals surface area contributed by atoms with Crippen LogP contribution in [0.2, 0.25) is 0 Å². The van der Waals surface area contributed by atoms with Crippen LogP contribution in [0.4, 0.5) is 26.3 Å². The molecule has 0 fully saturated rings. The molecule has 0 radical (unpaired) electrons. The van der Waals surface area contributed by atoms with Crippen LogP contribution in [0.15, 0.2) is 23.5 Å². The molecule has 1 N–H and O–H groups in total. The van der Waals surface area contributed by atoms with Gasteiger partial charge in [0.15, 0.2) is 6.10 Å². The molecular formula is C11H12F6O2. The second-order valence-corrected chi connectivity index (χ2v) is 4.15. The van der Waals surface area contributed by atoms with Crippen molar-refractivity contribution in [3.63, 3.8) is 0 Å². The molecule has 1 aliphatic carbocycles. The van der Waals surface area contributed by atoms with Gasteiger partial charge in [-0.05, 0) is 25.0 Å². The molecule has 8 heteroatoms. The molecule has 19 heavy (non-hydrogen) atoms. The van der Waals surface area contributed by atoms with Crippen LogP contribution in [0.5, 0.6) is 0 Å². The lowest BCUT2D eigenvalue weighted by Gasteiger charge is -2.29. The number of hydrogen-bond donors (Lipinski definition) is 1. The Bertz CT molecular complexity index is 380. The number of ether oxygens (including phenoxy) is 1. The second-order valence-electron chi connectivity index (χ2n) is 4.15. The van der Waals surface area contributed by atoms with E-state index in [0.717, 1.165) is 12.2 Å². The Hall–Kier alpha value is -1.18. The molecule has 1 aliphatic rings. The van der Waals surface area contributed by atoms with Crippen molar-refractivity contribution in [3.05, 3.63) is 23.5 Å². The Morgan fingerprint density at radius 2 is 1.84 bits per heavy atom. The van der Waals surface area contributed by atoms with E-state index in [9.17, 15) is 26.3 Å². The molecule has 0 aromatic carbocycles. The fourth-order valence-electron chi connectivity index (χ4n) is 1.53. The van der Waals surface area contributed by atoms with Gasteiger partial charge in [0, 0.05) is 0 Å². The largest absolute Gasteiger partial charge is 0.485 e. The highest BCUT2D eigenvalue weighted by Gasteiger charge is 2.47. The van der Waals surface area contributed by atoms with Gasteiger partial charge in [0.05, 0.1) is 6.61 Å². The molecule has 2 nitrogen and oxygen atoms in total. The number of rotatable bonds is 3. The number of halogens is 6. The summed E-state index contributed by atoms with van der Waals surface area (Å²) in [5.41, 5.74) is 0.0920. The van der Waals surface area contributed by atoms with Gasteiger partial charge in [-0.15, -0.1) is 0 Å². The summed E-state index contributed by atoms with van der Waals surface area (Å²) in [6, 6.07) is 0. The smallest absolute Gasteiger partial charge is 0.425 e. The van der Waals surface area contributed by atoms with E-state index in [-0.39, 0.29) is 5.57 Å². The molecule has 0 heterocycles. The first-order valence-electron chi connectivity index (χ1n) is 5.36. The van der Waals surface area contributed by atoms with Crippen molar-refractivity contribution in [3.8, 4) is 0 Å². The maximum absolute atomic E-state index is 12.7. The maximum atomic E-state index is 12.7. The van der Waals surface area contributed by atoms with Gasteiger partial charge >= 0.3 is 12.4 Å². The van der Waals surface area contributed by atoms with E-state index < -0.39 is 43.2 Å². The van der Waals surface area contributed by atoms with E-state index in [4.69, 9.17) is 5.11 Å². The summed E-state index contributed by atoms with van der Waals surface area (Å²) in [5.74, 6) is -2.95. The molecule has 2 atom stereocenters. The van der Waals surface area contributed by atoms with Crippen LogP contribution < -0.4 is 0 Å². The van der Waals surface area contributed by atoms with Crippen LogP contribution in [0.3, 0.4) is 0 Å². The first kappa shape index (κ1) is 15.9. The summed E-state index contributed by atoms with van der Waals surface area (Å²) in [5, 5.41) is 8.79. The second kappa shape index (κ2) is 5.44. The van der Waals surface area contributed by atoms with Crippen LogP contribution in [-0.4, -0.2) is 30.2 Å². The Morgan fingerprint density at radius 1 is 1.26 bits per heavy atom. The number of allylic oxidation sites excluding steroid dienone is 3. The third-order valence-electron chi connectivity index (χ3n) is 2.67. The molecule has 1 rings (SSSR count). The standard InChI is InChI=1S/C11H12F6O2/c1-6(10(12,13)14)19-9-3-2-7(5-18)4-8(9)11(15,16)17/h2-3,6,8,18H,4-5H2,1H3/t6-,8?/m0/s1. The van der Waals surface area contributed by atoms with Gasteiger partial charge in [0.1, 0.15) is 11.7 Å². The van der Waals surface area contributed by atoms with Crippen LogP contribution in [0.1, 0.15) is 13.3 Å². The van der Waals surface area contributed by atoms with Crippen molar-refractivity contribution in [1.29, 1.82) is 0 Å². The normalized spacial score (nSPS) is 22.6. The minimum absolute atomic E-state index is 0.0920. The summed E-state index contributed by atoms with van der Waals surface area (Å²) in [7, 11) is 0. The minimum Gasteiger partial charge on any atom is -0.485 e. The third-order valence-corrected chi connectivity index (χ3v) is 2.67. The van der Waals surface area contributed by atoms with Gasteiger partial charge in [-0.25, -0.2) is 0 Å². The van der Waals surface area contributed by atoms with Crippen LogP contribution in [0, 0.1) is 5.92 Å². The van der Waals surface area contributed by atoms with Gasteiger partial charge in [-0.2, -0.15) is 26.3 Å². The van der Waals surface area contributed by atoms with Crippen LogP contribution in [0.25, 0.3) is 0 Å². The zero-order valence-corrected chi connectivity index (χ0v) is 9.85. The number of aliphatic hydroxyl groups is 1. The number of hydrogen-bond acceptors (Lipinski definition) is 2. The summed E-state index contributed by atoms with van der Waals surface area (Å²) in [4.78, 5) is 0. The number of alkyl halides is 6. The van der Waals surface area contributed by atoms with E-state index in [1.165, 1.54) is 0 Å². The van der Waals surface area contributed by atoms with Crippen LogP contribution in [-0.2, 0) is 4.74 Å². The highest BCUT2D eigenvalue weighted by molar-refractivity contribution is 5.25. The topological polar surface area (TPSA) is 29.5 Å². The first-order valence-corrected chi connectivity index (χ1v) is 5.36. The molecule has 110 valence electrons. The highest BCUT2D eigenvalue weighted by Crippen LogP contribution is 2.40. The van der Waals surface area contributed by atoms with Gasteiger partial charge in [-0.1, -0.05) is 6.08 Å². The van der Waals surface area contributed by atoms with E-state index in [1.54, 1.807) is 0 Å². The molecule has 0 spiro atoms. The molecule has 0 saturated heterocycles. The molecule has 0 bridgehead atoms. The fraction of sp³-hybridized carbons (Fsp3) is 0.636. The molecule has 0 saturated carbocycles. The predicted molar refractivity (Wildman–Crippen MR) is 54.0 cm³/mol. The quantitative estimate of drug-likeness (QED) is 0.808. The average Bonchev–Trinajstić information content (AvgIpc) is 2.26. The van der Waals surface area contributed by atoms with E-state index in [0.29, 0.717) is 6.92 Å². The summed E-state index contributed by atoms with van der Waals surface area (Å²) in [6.45, 7) is 0.0603. The van der Waals surface area contributed by atoms with Gasteiger partial charge < -0.3 is 9.84 Å². The Morgan fingerprint density at radius 3 is 2.26 bits per heavy atom. The van der Waals surface area contributed by atoms with Crippen molar-refractivity contribution < 1.29 is 36.2 Å². The number of aliphatic hydroxyl groups excluding tert-OH is 1. The lowest BCUT2D eigenvalue weighted by atomic mass is 9.92. The van der Waals surface area contributed by atoms with E-state index in [2.05, 4.69) is 4.74 Å². The molecule has 0 aromatic heterocycles. The molecule has 0 aliphatic heterocycles. The zero-order chi connectivity index (χ0) is 14.8. The lowest BCUT2D eigenvalue weighted by molar-refractivity contribution is -0.220. The Kier molecular flexibility index (Phi) is 4.54. The summed E-state index contributed by atoms with van der Waals surface area (Å²) in [6.07, 6.45) is -10.4. The third kappa shape index (κ3) is 4.15. The minimum atomic E-state index is -4.74. The van der Waals surface area contributed by atoms with Gasteiger partial charge in [-0.3, -0.25) is 0 Å². The summed E-state index contributed by atoms with van der Waals surface area (Å²) >= 11 is 0. The van der Waals surface area contributed by atoms with Crippen molar-refractivity contribution >= 4 is 0 Å². The highest BCUT2D eigenvalue weighted by atomic mass is 19.4. The summed E-state index contributed by atoms with van der Waals surface area (Å²) < 4.78 is 79.4. The SMILES string of the molecule is C[C@H](OC1=CC=C(CO)CC1C(F)(F)F)C(F)(F)F. The monoisotopic (exact) mass is 290 g/mol. The van der Waals surface area contributed by atoms with E-state index in [1.807, 2.05) is 0 Å².